The number of nitrogens with zero attached hydrogens (tertiary/aromatic N) is 2. The molecule has 0 aliphatic carbocycles. The lowest BCUT2D eigenvalue weighted by atomic mass is 9.89. The number of carbonyl (C=O) groups excluding carboxylic acids is 1. The number of anilines is 1. The summed E-state index contributed by atoms with van der Waals surface area (Å²) in [7, 11) is 0. The van der Waals surface area contributed by atoms with E-state index in [-0.39, 0.29) is 30.7 Å². The molecule has 0 unspecified atom stereocenters. The van der Waals surface area contributed by atoms with Gasteiger partial charge in [0, 0.05) is 25.2 Å². The van der Waals surface area contributed by atoms with Gasteiger partial charge in [0.15, 0.2) is 0 Å². The molecule has 1 aromatic carbocycles. The first-order valence-electron chi connectivity index (χ1n) is 8.04. The van der Waals surface area contributed by atoms with E-state index in [0.29, 0.717) is 35.8 Å². The number of carbonyl (C=O) groups is 1. The first kappa shape index (κ1) is 22.7. The molecule has 5 nitrogen and oxygen atoms in total. The summed E-state index contributed by atoms with van der Waals surface area (Å²) in [5.74, 6) is 1.18. The summed E-state index contributed by atoms with van der Waals surface area (Å²) >= 11 is 5.80. The minimum absolute atomic E-state index is 0. The Morgan fingerprint density at radius 2 is 1.92 bits per heavy atom. The van der Waals surface area contributed by atoms with E-state index >= 15 is 0 Å². The van der Waals surface area contributed by atoms with Gasteiger partial charge in [-0.3, -0.25) is 9.69 Å². The van der Waals surface area contributed by atoms with Gasteiger partial charge in [-0.05, 0) is 30.2 Å². The lowest BCUT2D eigenvalue weighted by Crippen LogP contribution is -2.32. The fourth-order valence-electron chi connectivity index (χ4n) is 3.24. The Hall–Kier alpha value is -1.37. The van der Waals surface area contributed by atoms with Gasteiger partial charge in [-0.15, -0.1) is 24.8 Å². The van der Waals surface area contributed by atoms with Crippen LogP contribution >= 0.6 is 36.4 Å². The highest BCUT2D eigenvalue weighted by Crippen LogP contribution is 2.31. The molecular weight excluding hydrogens is 395 g/mol. The molecule has 2 heterocycles. The Balaban J connectivity index is 0.00000169. The van der Waals surface area contributed by atoms with E-state index < -0.39 is 0 Å². The van der Waals surface area contributed by atoms with E-state index in [1.54, 1.807) is 12.1 Å². The highest BCUT2D eigenvalue weighted by atomic mass is 35.5. The topological polar surface area (TPSA) is 71.2 Å². The van der Waals surface area contributed by atoms with Crippen LogP contribution in [0.4, 0.5) is 5.82 Å². The van der Waals surface area contributed by atoms with Crippen LogP contribution in [0.15, 0.2) is 48.7 Å². The molecule has 26 heavy (non-hydrogen) atoms. The molecule has 1 fully saturated rings. The maximum Gasteiger partial charge on any atom is 0.239 e. The second-order valence-corrected chi connectivity index (χ2v) is 6.55. The number of aromatic nitrogens is 1. The van der Waals surface area contributed by atoms with Crippen LogP contribution < -0.4 is 11.1 Å². The Morgan fingerprint density at radius 1 is 1.19 bits per heavy atom. The lowest BCUT2D eigenvalue weighted by molar-refractivity contribution is -0.117. The second-order valence-electron chi connectivity index (χ2n) is 6.12. The number of nitrogens with two attached hydrogens (primary N) is 1. The van der Waals surface area contributed by atoms with Gasteiger partial charge in [-0.1, -0.05) is 41.9 Å². The summed E-state index contributed by atoms with van der Waals surface area (Å²) < 4.78 is 0. The van der Waals surface area contributed by atoms with Crippen molar-refractivity contribution in [2.75, 3.05) is 31.5 Å². The van der Waals surface area contributed by atoms with Gasteiger partial charge in [0.1, 0.15) is 5.82 Å². The van der Waals surface area contributed by atoms with Crippen LogP contribution in [0.2, 0.25) is 5.02 Å². The van der Waals surface area contributed by atoms with E-state index in [9.17, 15) is 4.79 Å². The van der Waals surface area contributed by atoms with Crippen molar-refractivity contribution in [2.24, 2.45) is 11.7 Å². The molecule has 0 bridgehead atoms. The summed E-state index contributed by atoms with van der Waals surface area (Å²) in [6.07, 6.45) is 1.52. The number of nitrogens with one attached hydrogen (secondary N) is 1. The molecule has 1 aliphatic heterocycles. The minimum Gasteiger partial charge on any atom is -0.330 e. The third kappa shape index (κ3) is 5.83. The molecule has 1 aliphatic rings. The van der Waals surface area contributed by atoms with Crippen LogP contribution in [-0.2, 0) is 4.79 Å². The predicted molar refractivity (Wildman–Crippen MR) is 111 cm³/mol. The van der Waals surface area contributed by atoms with Gasteiger partial charge in [0.05, 0.1) is 11.6 Å². The summed E-state index contributed by atoms with van der Waals surface area (Å²) in [6.45, 7) is 2.63. The molecule has 1 aromatic heterocycles. The molecule has 2 aromatic rings. The number of rotatable bonds is 5. The number of hydrogen-bond acceptors (Lipinski definition) is 4. The quantitative estimate of drug-likeness (QED) is 0.784. The first-order chi connectivity index (χ1) is 11.7. The fourth-order valence-corrected chi connectivity index (χ4v) is 3.35. The lowest BCUT2D eigenvalue weighted by Gasteiger charge is -2.16. The van der Waals surface area contributed by atoms with Gasteiger partial charge in [0.25, 0.3) is 0 Å². The highest BCUT2D eigenvalue weighted by molar-refractivity contribution is 6.30. The van der Waals surface area contributed by atoms with Crippen LogP contribution in [0, 0.1) is 5.92 Å². The monoisotopic (exact) mass is 416 g/mol. The van der Waals surface area contributed by atoms with E-state index in [1.165, 1.54) is 11.8 Å². The summed E-state index contributed by atoms with van der Waals surface area (Å²) in [5.41, 5.74) is 7.23. The van der Waals surface area contributed by atoms with Crippen molar-refractivity contribution in [2.45, 2.75) is 5.92 Å². The zero-order valence-corrected chi connectivity index (χ0v) is 16.6. The van der Waals surface area contributed by atoms with E-state index in [2.05, 4.69) is 27.3 Å². The Kier molecular flexibility index (Phi) is 9.33. The van der Waals surface area contributed by atoms with E-state index in [4.69, 9.17) is 17.3 Å². The maximum absolute atomic E-state index is 12.2. The van der Waals surface area contributed by atoms with Crippen molar-refractivity contribution in [3.05, 3.63) is 59.2 Å². The zero-order chi connectivity index (χ0) is 16.9. The van der Waals surface area contributed by atoms with Crippen molar-refractivity contribution in [3.63, 3.8) is 0 Å². The second kappa shape index (κ2) is 10.7. The third-order valence-corrected chi connectivity index (χ3v) is 4.63. The molecule has 0 radical (unpaired) electrons. The van der Waals surface area contributed by atoms with Crippen LogP contribution in [0.1, 0.15) is 11.5 Å². The zero-order valence-electron chi connectivity index (χ0n) is 14.2. The molecule has 8 heteroatoms. The molecular formula is C18H23Cl3N4O. The number of pyridine rings is 1. The van der Waals surface area contributed by atoms with Crippen LogP contribution in [0.25, 0.3) is 0 Å². The smallest absolute Gasteiger partial charge is 0.239 e. The first-order valence-corrected chi connectivity index (χ1v) is 8.42. The molecule has 1 saturated heterocycles. The van der Waals surface area contributed by atoms with Crippen LogP contribution in [0.5, 0.6) is 0 Å². The molecule has 142 valence electrons. The van der Waals surface area contributed by atoms with Crippen molar-refractivity contribution in [1.29, 1.82) is 0 Å². The highest BCUT2D eigenvalue weighted by Gasteiger charge is 2.33. The summed E-state index contributed by atoms with van der Waals surface area (Å²) in [5, 5.41) is 3.35. The van der Waals surface area contributed by atoms with Crippen molar-refractivity contribution in [1.82, 2.24) is 9.88 Å². The number of hydrogen-bond donors (Lipinski definition) is 2. The molecule has 1 amide bonds. The van der Waals surface area contributed by atoms with Crippen LogP contribution in [-0.4, -0.2) is 42.0 Å². The van der Waals surface area contributed by atoms with E-state index in [0.717, 1.165) is 13.1 Å². The molecule has 0 spiro atoms. The summed E-state index contributed by atoms with van der Waals surface area (Å²) in [4.78, 5) is 18.5. The largest absolute Gasteiger partial charge is 0.330 e. The minimum atomic E-state index is -0.0747. The SMILES string of the molecule is Cl.Cl.NC[C@@H]1CN(CC(=O)Nc2ccc(Cl)cn2)C[C@H]1c1ccccc1. The average molecular weight is 418 g/mol. The van der Waals surface area contributed by atoms with Gasteiger partial charge < -0.3 is 11.1 Å². The van der Waals surface area contributed by atoms with Crippen molar-refractivity contribution in [3.8, 4) is 0 Å². The number of halogens is 3. The standard InChI is InChI=1S/C18H21ClN4O.2ClH/c19-15-6-7-17(21-9-15)22-18(24)12-23-10-14(8-20)16(11-23)13-4-2-1-3-5-13;;/h1-7,9,14,16H,8,10-12,20H2,(H,21,22,24);2*1H/t14-,16+;;/m1../s1. The number of benzene rings is 1. The van der Waals surface area contributed by atoms with Crippen LogP contribution in [0.3, 0.4) is 0 Å². The summed E-state index contributed by atoms with van der Waals surface area (Å²) in [6, 6.07) is 13.8. The van der Waals surface area contributed by atoms with Crippen molar-refractivity contribution < 1.29 is 4.79 Å². The maximum atomic E-state index is 12.2. The molecule has 3 N–H and O–H groups in total. The van der Waals surface area contributed by atoms with E-state index in [1.807, 2.05) is 18.2 Å². The van der Waals surface area contributed by atoms with Gasteiger partial charge in [-0.25, -0.2) is 4.98 Å². The molecule has 2 atom stereocenters. The Labute approximate surface area is 171 Å². The van der Waals surface area contributed by atoms with Gasteiger partial charge >= 0.3 is 0 Å². The molecule has 3 rings (SSSR count). The predicted octanol–water partition coefficient (Wildman–Crippen LogP) is 3.19. The average Bonchev–Trinajstić information content (AvgIpc) is 3.00. The number of amides is 1. The fraction of sp³-hybridized carbons (Fsp3) is 0.333. The Morgan fingerprint density at radius 3 is 2.54 bits per heavy atom. The third-order valence-electron chi connectivity index (χ3n) is 4.41. The normalized spacial score (nSPS) is 19.3. The molecule has 0 saturated carbocycles. The number of likely N-dealkylation sites (tertiary alicyclic amines) is 1. The van der Waals surface area contributed by atoms with Gasteiger partial charge in [-0.2, -0.15) is 0 Å². The Bertz CT molecular complexity index is 685. The van der Waals surface area contributed by atoms with Crippen molar-refractivity contribution >= 4 is 48.1 Å². The van der Waals surface area contributed by atoms with Gasteiger partial charge in [0.2, 0.25) is 5.91 Å².